The van der Waals surface area contributed by atoms with Crippen molar-refractivity contribution in [3.63, 3.8) is 0 Å². The zero-order valence-electron chi connectivity index (χ0n) is 12.3. The molecule has 3 N–H and O–H groups in total. The maximum Gasteiger partial charge on any atom is 0.516 e. The maximum atomic E-state index is 11.4. The smallest absolute Gasteiger partial charge is 0.462 e. The minimum absolute atomic E-state index is 0.0166. The van der Waals surface area contributed by atoms with Crippen LogP contribution in [-0.4, -0.2) is 55.5 Å². The standard InChI is InChI=1S/C11H18NO10P/c1-3-10(14)22-11(15)21-9(6-18-8(2)13)7-20-23(16,17)19-5-4-12/h3,9H,1,4-7,12H2,2H3,(H,16,17). The summed E-state index contributed by atoms with van der Waals surface area (Å²) in [5.74, 6) is -1.76. The van der Waals surface area contributed by atoms with Gasteiger partial charge in [0.1, 0.15) is 6.61 Å². The fourth-order valence-electron chi connectivity index (χ4n) is 0.993. The van der Waals surface area contributed by atoms with Gasteiger partial charge >= 0.3 is 25.9 Å². The van der Waals surface area contributed by atoms with Crippen LogP contribution in [0.5, 0.6) is 0 Å². The molecular weight excluding hydrogens is 337 g/mol. The number of phosphoric ester groups is 1. The van der Waals surface area contributed by atoms with Crippen molar-refractivity contribution in [2.75, 3.05) is 26.4 Å². The Morgan fingerprint density at radius 2 is 1.96 bits per heavy atom. The van der Waals surface area contributed by atoms with Gasteiger partial charge in [0.15, 0.2) is 6.10 Å². The van der Waals surface area contributed by atoms with Gasteiger partial charge < -0.3 is 24.8 Å². The molecule has 0 aliphatic carbocycles. The zero-order chi connectivity index (χ0) is 17.9. The highest BCUT2D eigenvalue weighted by molar-refractivity contribution is 7.47. The van der Waals surface area contributed by atoms with Crippen molar-refractivity contribution in [2.45, 2.75) is 13.0 Å². The SMILES string of the molecule is C=CC(=O)OC(=O)OC(COC(C)=O)COP(=O)(O)OCCN. The lowest BCUT2D eigenvalue weighted by atomic mass is 10.4. The molecule has 0 amide bonds. The summed E-state index contributed by atoms with van der Waals surface area (Å²) >= 11 is 0. The van der Waals surface area contributed by atoms with E-state index >= 15 is 0 Å². The first kappa shape index (κ1) is 21.2. The number of hydrogen-bond donors (Lipinski definition) is 2. The minimum Gasteiger partial charge on any atom is -0.462 e. The van der Waals surface area contributed by atoms with E-state index in [1.165, 1.54) is 0 Å². The molecule has 0 aromatic carbocycles. The molecule has 0 heterocycles. The molecule has 0 saturated heterocycles. The molecule has 0 aromatic rings. The molecule has 2 unspecified atom stereocenters. The van der Waals surface area contributed by atoms with Crippen LogP contribution in [0.4, 0.5) is 4.79 Å². The molecule has 0 radical (unpaired) electrons. The summed E-state index contributed by atoms with van der Waals surface area (Å²) in [6, 6.07) is 0. The minimum atomic E-state index is -4.42. The molecule has 0 rings (SSSR count). The van der Waals surface area contributed by atoms with Crippen LogP contribution in [0.15, 0.2) is 12.7 Å². The lowest BCUT2D eigenvalue weighted by Crippen LogP contribution is -2.30. The Labute approximate surface area is 131 Å². The molecule has 0 saturated carbocycles. The van der Waals surface area contributed by atoms with Crippen LogP contribution in [0.3, 0.4) is 0 Å². The fraction of sp³-hybridized carbons (Fsp3) is 0.545. The average Bonchev–Trinajstić information content (AvgIpc) is 2.47. The Kier molecular flexibility index (Phi) is 10.0. The number of phosphoric acid groups is 1. The van der Waals surface area contributed by atoms with Crippen molar-refractivity contribution in [2.24, 2.45) is 5.73 Å². The van der Waals surface area contributed by atoms with Gasteiger partial charge in [-0.05, 0) is 0 Å². The van der Waals surface area contributed by atoms with Crippen molar-refractivity contribution < 1.29 is 47.1 Å². The molecule has 0 aliphatic rings. The van der Waals surface area contributed by atoms with Gasteiger partial charge in [-0.1, -0.05) is 6.58 Å². The second-order valence-electron chi connectivity index (χ2n) is 3.80. The Morgan fingerprint density at radius 3 is 2.48 bits per heavy atom. The van der Waals surface area contributed by atoms with E-state index in [0.717, 1.165) is 13.0 Å². The third-order valence-corrected chi connectivity index (χ3v) is 2.87. The number of nitrogens with two attached hydrogens (primary N) is 1. The van der Waals surface area contributed by atoms with Gasteiger partial charge in [-0.15, -0.1) is 0 Å². The van der Waals surface area contributed by atoms with Crippen molar-refractivity contribution in [3.05, 3.63) is 12.7 Å². The summed E-state index contributed by atoms with van der Waals surface area (Å²) in [4.78, 5) is 42.2. The van der Waals surface area contributed by atoms with Crippen molar-refractivity contribution in [1.82, 2.24) is 0 Å². The Hall–Kier alpha value is -1.78. The summed E-state index contributed by atoms with van der Waals surface area (Å²) in [5, 5.41) is 0. The first-order valence-electron chi connectivity index (χ1n) is 6.20. The van der Waals surface area contributed by atoms with Crippen LogP contribution in [0.2, 0.25) is 0 Å². The van der Waals surface area contributed by atoms with Crippen molar-refractivity contribution in [1.29, 1.82) is 0 Å². The van der Waals surface area contributed by atoms with E-state index in [0.29, 0.717) is 0 Å². The highest BCUT2D eigenvalue weighted by Gasteiger charge is 2.26. The van der Waals surface area contributed by atoms with Gasteiger partial charge in [0.2, 0.25) is 0 Å². The van der Waals surface area contributed by atoms with E-state index in [-0.39, 0.29) is 13.2 Å². The summed E-state index contributed by atoms with van der Waals surface area (Å²) in [5.41, 5.74) is 5.10. The Bertz CT molecular complexity index is 479. The molecule has 12 heteroatoms. The molecule has 23 heavy (non-hydrogen) atoms. The zero-order valence-corrected chi connectivity index (χ0v) is 13.2. The summed E-state index contributed by atoms with van der Waals surface area (Å²) < 4.78 is 33.8. The molecule has 0 aliphatic heterocycles. The fourth-order valence-corrected chi connectivity index (χ4v) is 1.76. The van der Waals surface area contributed by atoms with Gasteiger partial charge in [0.25, 0.3) is 0 Å². The van der Waals surface area contributed by atoms with E-state index in [4.69, 9.17) is 5.73 Å². The largest absolute Gasteiger partial charge is 0.516 e. The molecular formula is C11H18NO10P. The van der Waals surface area contributed by atoms with Crippen molar-refractivity contribution >= 4 is 25.9 Å². The van der Waals surface area contributed by atoms with Crippen LogP contribution in [0.25, 0.3) is 0 Å². The predicted octanol–water partition coefficient (Wildman–Crippen LogP) is -0.124. The first-order chi connectivity index (χ1) is 10.7. The number of carbonyl (C=O) groups is 3. The van der Waals surface area contributed by atoms with Gasteiger partial charge in [0, 0.05) is 19.5 Å². The monoisotopic (exact) mass is 355 g/mol. The van der Waals surface area contributed by atoms with Crippen LogP contribution in [-0.2, 0) is 37.4 Å². The summed E-state index contributed by atoms with van der Waals surface area (Å²) in [7, 11) is -4.42. The van der Waals surface area contributed by atoms with E-state index in [9.17, 15) is 23.8 Å². The average molecular weight is 355 g/mol. The number of hydrogen-bond acceptors (Lipinski definition) is 10. The lowest BCUT2D eigenvalue weighted by molar-refractivity contribution is -0.147. The van der Waals surface area contributed by atoms with E-state index < -0.39 is 45.2 Å². The molecule has 132 valence electrons. The van der Waals surface area contributed by atoms with Gasteiger partial charge in [-0.25, -0.2) is 14.2 Å². The van der Waals surface area contributed by atoms with Gasteiger partial charge in [0.05, 0.1) is 13.2 Å². The summed E-state index contributed by atoms with van der Waals surface area (Å²) in [6.07, 6.45) is -2.02. The van der Waals surface area contributed by atoms with Gasteiger partial charge in [-0.2, -0.15) is 0 Å². The van der Waals surface area contributed by atoms with E-state index in [2.05, 4.69) is 29.8 Å². The van der Waals surface area contributed by atoms with Crippen LogP contribution >= 0.6 is 7.82 Å². The first-order valence-corrected chi connectivity index (χ1v) is 7.70. The Morgan fingerprint density at radius 1 is 1.30 bits per heavy atom. The quantitative estimate of drug-likeness (QED) is 0.232. The van der Waals surface area contributed by atoms with E-state index in [1.54, 1.807) is 0 Å². The normalized spacial score (nSPS) is 14.2. The molecule has 0 aromatic heterocycles. The molecule has 11 nitrogen and oxygen atoms in total. The van der Waals surface area contributed by atoms with Crippen LogP contribution < -0.4 is 5.73 Å². The lowest BCUT2D eigenvalue weighted by Gasteiger charge is -2.18. The number of esters is 2. The highest BCUT2D eigenvalue weighted by Crippen LogP contribution is 2.42. The van der Waals surface area contributed by atoms with Crippen LogP contribution in [0.1, 0.15) is 6.92 Å². The highest BCUT2D eigenvalue weighted by atomic mass is 31.2. The number of rotatable bonds is 10. The number of carbonyl (C=O) groups excluding carboxylic acids is 3. The van der Waals surface area contributed by atoms with Crippen LogP contribution in [0, 0.1) is 0 Å². The molecule has 0 bridgehead atoms. The maximum absolute atomic E-state index is 11.4. The van der Waals surface area contributed by atoms with Crippen molar-refractivity contribution in [3.8, 4) is 0 Å². The molecule has 0 fully saturated rings. The number of ether oxygens (including phenoxy) is 3. The second-order valence-corrected chi connectivity index (χ2v) is 5.26. The topological polar surface area (TPSA) is 161 Å². The Balaban J connectivity index is 4.58. The van der Waals surface area contributed by atoms with E-state index in [1.807, 2.05) is 0 Å². The third kappa shape index (κ3) is 11.4. The molecule has 2 atom stereocenters. The predicted molar refractivity (Wildman–Crippen MR) is 74.0 cm³/mol. The summed E-state index contributed by atoms with van der Waals surface area (Å²) in [6.45, 7) is 2.76. The third-order valence-electron chi connectivity index (χ3n) is 1.88. The second kappa shape index (κ2) is 10.9. The molecule has 0 spiro atoms. The van der Waals surface area contributed by atoms with Gasteiger partial charge in [-0.3, -0.25) is 13.8 Å².